The minimum Gasteiger partial charge on any atom is -0.367 e. The van der Waals surface area contributed by atoms with E-state index >= 15 is 17.6 Å². The van der Waals surface area contributed by atoms with Crippen LogP contribution in [0.5, 0.6) is 0 Å². The van der Waals surface area contributed by atoms with Crippen LogP contribution in [0.4, 0.5) is 28.9 Å². The standard InChI is InChI=1S/C39H33F4N7O/c1-3-5-18-49(19-6-4-2)38-35(42)33(40)32(34(41)36(38)43)31-20-30(25-10-8-7-9-11-25)48-50(31)27-15-12-24(13-16-27)14-17-28-29(23-46)37(47-39(28)51)26(21-44)22-45/h7-17,31H,3-6,18-20H2,1-2H3,(H,47,51)/b17-14+. The van der Waals surface area contributed by atoms with Crippen LogP contribution in [-0.2, 0) is 4.79 Å². The van der Waals surface area contributed by atoms with Gasteiger partial charge in [-0.3, -0.25) is 9.80 Å². The fraction of sp³-hybridized carbons (Fsp3) is 0.256. The normalized spacial score (nSPS) is 15.5. The average molecular weight is 692 g/mol. The molecule has 0 bridgehead atoms. The van der Waals surface area contributed by atoms with Crippen molar-refractivity contribution in [2.24, 2.45) is 5.10 Å². The molecule has 0 aromatic heterocycles. The second-order valence-electron chi connectivity index (χ2n) is 11.9. The van der Waals surface area contributed by atoms with Gasteiger partial charge in [-0.05, 0) is 42.2 Å². The molecule has 0 spiro atoms. The van der Waals surface area contributed by atoms with Crippen LogP contribution in [0.1, 0.15) is 68.7 Å². The zero-order valence-corrected chi connectivity index (χ0v) is 28.0. The van der Waals surface area contributed by atoms with E-state index in [1.165, 1.54) is 22.1 Å². The number of unbranched alkanes of at least 4 members (excludes halogenated alkanes) is 2. The lowest BCUT2D eigenvalue weighted by atomic mass is 9.96. The lowest BCUT2D eigenvalue weighted by molar-refractivity contribution is -0.115. The third kappa shape index (κ3) is 7.25. The first-order valence-corrected chi connectivity index (χ1v) is 16.5. The summed E-state index contributed by atoms with van der Waals surface area (Å²) in [5.41, 5.74) is -0.177. The second-order valence-corrected chi connectivity index (χ2v) is 11.9. The summed E-state index contributed by atoms with van der Waals surface area (Å²) >= 11 is 0. The first-order valence-electron chi connectivity index (χ1n) is 16.5. The maximum Gasteiger partial charge on any atom is 0.257 e. The Balaban J connectivity index is 1.54. The van der Waals surface area contributed by atoms with Gasteiger partial charge in [-0.15, -0.1) is 0 Å². The van der Waals surface area contributed by atoms with Crippen molar-refractivity contribution in [3.05, 3.63) is 123 Å². The van der Waals surface area contributed by atoms with E-state index < -0.39 is 52.0 Å². The van der Waals surface area contributed by atoms with Crippen LogP contribution in [0, 0.1) is 57.3 Å². The average Bonchev–Trinajstić information content (AvgIpc) is 3.72. The van der Waals surface area contributed by atoms with Crippen LogP contribution in [0.15, 0.2) is 88.2 Å². The van der Waals surface area contributed by atoms with Crippen molar-refractivity contribution >= 4 is 29.1 Å². The summed E-state index contributed by atoms with van der Waals surface area (Å²) < 4.78 is 64.0. The predicted octanol–water partition coefficient (Wildman–Crippen LogP) is 8.27. The molecule has 1 amide bonds. The number of allylic oxidation sites excluding steroid dienone is 2. The Kier molecular flexibility index (Phi) is 11.3. The van der Waals surface area contributed by atoms with Crippen molar-refractivity contribution in [1.82, 2.24) is 5.32 Å². The van der Waals surface area contributed by atoms with E-state index in [9.17, 15) is 20.6 Å². The predicted molar refractivity (Wildman–Crippen MR) is 186 cm³/mol. The number of nitrogens with zero attached hydrogens (tertiary/aromatic N) is 6. The van der Waals surface area contributed by atoms with E-state index in [0.717, 1.165) is 12.8 Å². The molecule has 8 nitrogen and oxygen atoms in total. The second kappa shape index (κ2) is 16.0. The number of carbonyl (C=O) groups excluding carboxylic acids is 1. The van der Waals surface area contributed by atoms with Gasteiger partial charge < -0.3 is 10.2 Å². The molecule has 258 valence electrons. The number of hydrogen-bond donors (Lipinski definition) is 1. The minimum absolute atomic E-state index is 0.0438. The first-order chi connectivity index (χ1) is 24.7. The number of rotatable bonds is 12. The molecule has 3 aromatic carbocycles. The van der Waals surface area contributed by atoms with Gasteiger partial charge in [0.2, 0.25) is 0 Å². The summed E-state index contributed by atoms with van der Waals surface area (Å²) in [5.74, 6) is -6.49. The Bertz CT molecular complexity index is 2030. The lowest BCUT2D eigenvalue weighted by Crippen LogP contribution is -2.30. The fourth-order valence-corrected chi connectivity index (χ4v) is 6.03. The van der Waals surface area contributed by atoms with Crippen molar-refractivity contribution in [2.45, 2.75) is 52.0 Å². The smallest absolute Gasteiger partial charge is 0.257 e. The summed E-state index contributed by atoms with van der Waals surface area (Å²) in [6.07, 6.45) is 5.51. The molecular formula is C39H33F4N7O. The monoisotopic (exact) mass is 691 g/mol. The molecule has 0 saturated carbocycles. The molecule has 0 aliphatic carbocycles. The number of amides is 1. The van der Waals surface area contributed by atoms with Gasteiger partial charge in [-0.1, -0.05) is 75.2 Å². The van der Waals surface area contributed by atoms with Gasteiger partial charge in [-0.25, -0.2) is 17.6 Å². The van der Waals surface area contributed by atoms with E-state index in [2.05, 4.69) is 10.4 Å². The van der Waals surface area contributed by atoms with Gasteiger partial charge in [0.05, 0.1) is 39.8 Å². The molecule has 0 fully saturated rings. The van der Waals surface area contributed by atoms with Crippen LogP contribution >= 0.6 is 0 Å². The van der Waals surface area contributed by atoms with Crippen LogP contribution in [0.3, 0.4) is 0 Å². The Hall–Kier alpha value is -6.19. The topological polar surface area (TPSA) is 119 Å². The highest BCUT2D eigenvalue weighted by Gasteiger charge is 2.39. The molecule has 51 heavy (non-hydrogen) atoms. The van der Waals surface area contributed by atoms with Crippen LogP contribution in [0.2, 0.25) is 0 Å². The molecule has 2 aliphatic rings. The molecule has 2 aliphatic heterocycles. The summed E-state index contributed by atoms with van der Waals surface area (Å²) in [6.45, 7) is 4.34. The quantitative estimate of drug-likeness (QED) is 0.116. The van der Waals surface area contributed by atoms with Gasteiger partial charge in [0.1, 0.15) is 23.9 Å². The summed E-state index contributed by atoms with van der Waals surface area (Å²) in [6, 6.07) is 19.3. The van der Waals surface area contributed by atoms with E-state index in [1.807, 2.05) is 19.9 Å². The molecule has 12 heteroatoms. The number of hydrazone groups is 1. The molecule has 0 radical (unpaired) electrons. The van der Waals surface area contributed by atoms with Gasteiger partial charge in [0, 0.05) is 19.5 Å². The molecule has 1 N–H and O–H groups in total. The summed E-state index contributed by atoms with van der Waals surface area (Å²) in [4.78, 5) is 13.9. The summed E-state index contributed by atoms with van der Waals surface area (Å²) in [7, 11) is 0. The van der Waals surface area contributed by atoms with Gasteiger partial charge >= 0.3 is 0 Å². The third-order valence-electron chi connectivity index (χ3n) is 8.69. The number of anilines is 2. The minimum atomic E-state index is -1.47. The molecular weight excluding hydrogens is 658 g/mol. The number of carbonyl (C=O) groups is 1. The summed E-state index contributed by atoms with van der Waals surface area (Å²) in [5, 5.41) is 36.4. The van der Waals surface area contributed by atoms with E-state index in [1.54, 1.807) is 66.7 Å². The zero-order valence-electron chi connectivity index (χ0n) is 28.0. The van der Waals surface area contributed by atoms with E-state index in [-0.39, 0.29) is 36.4 Å². The van der Waals surface area contributed by atoms with Crippen molar-refractivity contribution in [2.75, 3.05) is 23.0 Å². The number of nitriles is 3. The molecule has 0 saturated heterocycles. The van der Waals surface area contributed by atoms with Crippen LogP contribution in [0.25, 0.3) is 6.08 Å². The van der Waals surface area contributed by atoms with Crippen molar-refractivity contribution in [3.63, 3.8) is 0 Å². The molecule has 2 heterocycles. The Labute approximate surface area is 293 Å². The molecule has 3 aromatic rings. The highest BCUT2D eigenvalue weighted by Crippen LogP contribution is 2.42. The number of halogens is 4. The molecule has 5 rings (SSSR count). The van der Waals surface area contributed by atoms with Crippen LogP contribution in [-0.4, -0.2) is 24.7 Å². The zero-order chi connectivity index (χ0) is 36.7. The molecule has 1 atom stereocenters. The maximum absolute atomic E-state index is 16.1. The number of nitrogens with one attached hydrogen (secondary N) is 1. The van der Waals surface area contributed by atoms with Crippen molar-refractivity contribution < 1.29 is 22.4 Å². The third-order valence-corrected chi connectivity index (χ3v) is 8.69. The van der Waals surface area contributed by atoms with Crippen molar-refractivity contribution in [3.8, 4) is 18.2 Å². The molecule has 1 unspecified atom stereocenters. The lowest BCUT2D eigenvalue weighted by Gasteiger charge is -2.29. The van der Waals surface area contributed by atoms with Gasteiger partial charge in [0.25, 0.3) is 5.91 Å². The Morgan fingerprint density at radius 1 is 0.902 bits per heavy atom. The SMILES string of the molecule is CCCCN(CCCC)c1c(F)c(F)c(C2CC(c3ccccc3)=NN2c2ccc(/C=C/C3=C(C#N)C(=C(C#N)C#N)NC3=O)cc2)c(F)c1F. The van der Waals surface area contributed by atoms with E-state index in [0.29, 0.717) is 35.4 Å². The van der Waals surface area contributed by atoms with E-state index in [4.69, 9.17) is 0 Å². The number of benzene rings is 3. The van der Waals surface area contributed by atoms with Gasteiger partial charge in [0.15, 0.2) is 28.8 Å². The Morgan fingerprint density at radius 2 is 1.51 bits per heavy atom. The first kappa shape index (κ1) is 36.1. The highest BCUT2D eigenvalue weighted by molar-refractivity contribution is 6.05. The maximum atomic E-state index is 16.1. The van der Waals surface area contributed by atoms with Crippen molar-refractivity contribution in [1.29, 1.82) is 15.8 Å². The van der Waals surface area contributed by atoms with Gasteiger partial charge in [-0.2, -0.15) is 20.9 Å². The number of hydrogen-bond acceptors (Lipinski definition) is 7. The Morgan fingerprint density at radius 3 is 2.06 bits per heavy atom. The fourth-order valence-electron chi connectivity index (χ4n) is 6.03. The highest BCUT2D eigenvalue weighted by atomic mass is 19.2. The van der Waals surface area contributed by atoms with Crippen LogP contribution < -0.4 is 15.2 Å². The largest absolute Gasteiger partial charge is 0.367 e.